The van der Waals surface area contributed by atoms with Gasteiger partial charge in [-0.3, -0.25) is 9.69 Å². The normalized spacial score (nSPS) is 41.2. The van der Waals surface area contributed by atoms with E-state index < -0.39 is 5.54 Å². The van der Waals surface area contributed by atoms with E-state index in [0.717, 1.165) is 19.4 Å². The topological polar surface area (TPSA) is 49.8 Å². The van der Waals surface area contributed by atoms with Crippen molar-refractivity contribution in [2.75, 3.05) is 26.9 Å². The van der Waals surface area contributed by atoms with E-state index >= 15 is 0 Å². The number of hydrogen-bond acceptors (Lipinski definition) is 4. The number of aliphatic hydroxyl groups excluding tert-OH is 1. The van der Waals surface area contributed by atoms with Gasteiger partial charge in [0.1, 0.15) is 5.54 Å². The predicted octanol–water partition coefficient (Wildman–Crippen LogP) is 0.683. The number of Topliss-reactive ketones (excluding diaryl/α,β-unsaturated/α-hetero) is 1. The lowest BCUT2D eigenvalue weighted by Crippen LogP contribution is -2.72. The number of rotatable bonds is 4. The SMILES string of the molecule is COC[C@@]1(CO)C(=O)[C@@H]2CCN1[C@H](C(C)C)C2. The summed E-state index contributed by atoms with van der Waals surface area (Å²) in [5, 5.41) is 9.72. The smallest absolute Gasteiger partial charge is 0.161 e. The maximum absolute atomic E-state index is 12.4. The zero-order valence-corrected chi connectivity index (χ0v) is 11.0. The van der Waals surface area contributed by atoms with Crippen molar-refractivity contribution in [2.24, 2.45) is 11.8 Å². The second-order valence-electron chi connectivity index (χ2n) is 5.71. The first-order valence-corrected chi connectivity index (χ1v) is 6.47. The van der Waals surface area contributed by atoms with Crippen LogP contribution in [0, 0.1) is 11.8 Å². The van der Waals surface area contributed by atoms with Gasteiger partial charge in [0.15, 0.2) is 5.78 Å². The summed E-state index contributed by atoms with van der Waals surface area (Å²) in [6, 6.07) is 0.397. The average molecular weight is 241 g/mol. The second kappa shape index (κ2) is 4.67. The standard InChI is InChI=1S/C13H23NO3/c1-9(2)11-6-10-4-5-14(11)13(7-15,8-17-3)12(10)16/h9-11,15H,4-8H2,1-3H3/t10-,11+,13+/m1/s1. The van der Waals surface area contributed by atoms with Crippen LogP contribution >= 0.6 is 0 Å². The Kier molecular flexibility index (Phi) is 3.57. The van der Waals surface area contributed by atoms with Gasteiger partial charge in [0.25, 0.3) is 0 Å². The van der Waals surface area contributed by atoms with Crippen molar-refractivity contribution in [3.05, 3.63) is 0 Å². The number of fused-ring (bicyclic) bond motifs is 3. The van der Waals surface area contributed by atoms with Crippen LogP contribution in [-0.2, 0) is 9.53 Å². The Balaban J connectivity index is 2.33. The number of aliphatic hydroxyl groups is 1. The van der Waals surface area contributed by atoms with Gasteiger partial charge in [-0.2, -0.15) is 0 Å². The van der Waals surface area contributed by atoms with Gasteiger partial charge in [0.2, 0.25) is 0 Å². The summed E-state index contributed by atoms with van der Waals surface area (Å²) < 4.78 is 5.20. The molecule has 98 valence electrons. The van der Waals surface area contributed by atoms with Crippen LogP contribution in [0.2, 0.25) is 0 Å². The number of ether oxygens (including phenoxy) is 1. The van der Waals surface area contributed by atoms with Gasteiger partial charge in [-0.25, -0.2) is 0 Å². The van der Waals surface area contributed by atoms with E-state index in [0.29, 0.717) is 18.6 Å². The van der Waals surface area contributed by atoms with Crippen molar-refractivity contribution in [1.29, 1.82) is 0 Å². The average Bonchev–Trinajstić information content (AvgIpc) is 2.33. The van der Waals surface area contributed by atoms with E-state index in [1.807, 2.05) is 0 Å². The molecule has 0 aromatic rings. The Morgan fingerprint density at radius 3 is 2.82 bits per heavy atom. The van der Waals surface area contributed by atoms with E-state index in [4.69, 9.17) is 4.74 Å². The maximum atomic E-state index is 12.4. The second-order valence-corrected chi connectivity index (χ2v) is 5.71. The fourth-order valence-corrected chi connectivity index (χ4v) is 3.53. The third-order valence-corrected chi connectivity index (χ3v) is 4.44. The monoisotopic (exact) mass is 241 g/mol. The molecule has 3 heterocycles. The first kappa shape index (κ1) is 13.0. The molecule has 4 nitrogen and oxygen atoms in total. The molecule has 4 heteroatoms. The minimum Gasteiger partial charge on any atom is -0.394 e. The first-order valence-electron chi connectivity index (χ1n) is 6.47. The quantitative estimate of drug-likeness (QED) is 0.786. The van der Waals surface area contributed by atoms with Gasteiger partial charge in [-0.1, -0.05) is 13.8 Å². The molecule has 0 amide bonds. The molecule has 3 aliphatic rings. The Morgan fingerprint density at radius 2 is 2.29 bits per heavy atom. The molecule has 0 aromatic heterocycles. The molecule has 3 fully saturated rings. The summed E-state index contributed by atoms with van der Waals surface area (Å²) in [6.45, 7) is 5.46. The van der Waals surface area contributed by atoms with Crippen LogP contribution in [-0.4, -0.2) is 54.2 Å². The minimum absolute atomic E-state index is 0.120. The predicted molar refractivity (Wildman–Crippen MR) is 64.8 cm³/mol. The molecular formula is C13H23NO3. The van der Waals surface area contributed by atoms with Crippen molar-refractivity contribution < 1.29 is 14.6 Å². The lowest BCUT2D eigenvalue weighted by Gasteiger charge is -2.57. The van der Waals surface area contributed by atoms with Gasteiger partial charge >= 0.3 is 0 Å². The van der Waals surface area contributed by atoms with Gasteiger partial charge < -0.3 is 9.84 Å². The number of hydrogen-bond donors (Lipinski definition) is 1. The van der Waals surface area contributed by atoms with Gasteiger partial charge in [0.05, 0.1) is 13.2 Å². The highest BCUT2D eigenvalue weighted by Crippen LogP contribution is 2.42. The van der Waals surface area contributed by atoms with E-state index in [9.17, 15) is 9.90 Å². The molecule has 3 rings (SSSR count). The Hall–Kier alpha value is -0.450. The Bertz CT molecular complexity index is 305. The van der Waals surface area contributed by atoms with Crippen LogP contribution in [0.25, 0.3) is 0 Å². The lowest BCUT2D eigenvalue weighted by atomic mass is 9.69. The molecule has 4 atom stereocenters. The number of piperidine rings is 3. The van der Waals surface area contributed by atoms with Crippen LogP contribution < -0.4 is 0 Å². The molecule has 0 spiro atoms. The number of carbonyl (C=O) groups excluding carboxylic acids is 1. The third-order valence-electron chi connectivity index (χ3n) is 4.44. The van der Waals surface area contributed by atoms with Crippen molar-refractivity contribution in [3.8, 4) is 0 Å². The van der Waals surface area contributed by atoms with Gasteiger partial charge in [-0.15, -0.1) is 0 Å². The Labute approximate surface area is 103 Å². The molecule has 0 saturated carbocycles. The van der Waals surface area contributed by atoms with Crippen molar-refractivity contribution in [3.63, 3.8) is 0 Å². The molecule has 1 unspecified atom stereocenters. The number of ketones is 1. The van der Waals surface area contributed by atoms with Gasteiger partial charge in [0, 0.05) is 25.6 Å². The lowest BCUT2D eigenvalue weighted by molar-refractivity contribution is -0.168. The first-order chi connectivity index (χ1) is 8.06. The highest BCUT2D eigenvalue weighted by atomic mass is 16.5. The zero-order valence-electron chi connectivity index (χ0n) is 11.0. The molecule has 1 N–H and O–H groups in total. The van der Waals surface area contributed by atoms with E-state index in [1.54, 1.807) is 7.11 Å². The van der Waals surface area contributed by atoms with E-state index in [-0.39, 0.29) is 18.3 Å². The summed E-state index contributed by atoms with van der Waals surface area (Å²) >= 11 is 0. The van der Waals surface area contributed by atoms with Crippen LogP contribution in [0.4, 0.5) is 0 Å². The number of nitrogens with zero attached hydrogens (tertiary/aromatic N) is 1. The Morgan fingerprint density at radius 1 is 1.59 bits per heavy atom. The summed E-state index contributed by atoms with van der Waals surface area (Å²) in [5.74, 6) is 0.813. The molecule has 0 aromatic carbocycles. The fourth-order valence-electron chi connectivity index (χ4n) is 3.53. The van der Waals surface area contributed by atoms with Crippen LogP contribution in [0.15, 0.2) is 0 Å². The summed E-state index contributed by atoms with van der Waals surface area (Å²) in [7, 11) is 1.60. The molecule has 2 bridgehead atoms. The van der Waals surface area contributed by atoms with Gasteiger partial charge in [-0.05, 0) is 18.8 Å². The molecule has 0 aliphatic carbocycles. The molecule has 0 radical (unpaired) electrons. The summed E-state index contributed by atoms with van der Waals surface area (Å²) in [6.07, 6.45) is 1.88. The molecule has 3 saturated heterocycles. The van der Waals surface area contributed by atoms with Crippen molar-refractivity contribution in [1.82, 2.24) is 4.90 Å². The molecule has 17 heavy (non-hydrogen) atoms. The largest absolute Gasteiger partial charge is 0.394 e. The van der Waals surface area contributed by atoms with Crippen molar-refractivity contribution in [2.45, 2.75) is 38.3 Å². The molecular weight excluding hydrogens is 218 g/mol. The maximum Gasteiger partial charge on any atom is 0.161 e. The van der Waals surface area contributed by atoms with Crippen molar-refractivity contribution >= 4 is 5.78 Å². The zero-order chi connectivity index (χ0) is 12.6. The number of carbonyl (C=O) groups is 1. The van der Waals surface area contributed by atoms with E-state index in [1.165, 1.54) is 0 Å². The minimum atomic E-state index is -0.773. The fraction of sp³-hybridized carbons (Fsp3) is 0.923. The summed E-state index contributed by atoms with van der Waals surface area (Å²) in [4.78, 5) is 14.6. The van der Waals surface area contributed by atoms with Crippen LogP contribution in [0.3, 0.4) is 0 Å². The van der Waals surface area contributed by atoms with E-state index in [2.05, 4.69) is 18.7 Å². The van der Waals surface area contributed by atoms with Crippen LogP contribution in [0.5, 0.6) is 0 Å². The highest BCUT2D eigenvalue weighted by Gasteiger charge is 2.56. The highest BCUT2D eigenvalue weighted by molar-refractivity contribution is 5.92. The summed E-state index contributed by atoms with van der Waals surface area (Å²) in [5.41, 5.74) is -0.773. The van der Waals surface area contributed by atoms with Crippen LogP contribution in [0.1, 0.15) is 26.7 Å². The third kappa shape index (κ3) is 1.83. The molecule has 3 aliphatic heterocycles. The number of methoxy groups -OCH3 is 1.